The van der Waals surface area contributed by atoms with Crippen LogP contribution < -0.4 is 5.32 Å². The van der Waals surface area contributed by atoms with Gasteiger partial charge in [-0.15, -0.1) is 11.3 Å². The van der Waals surface area contributed by atoms with Gasteiger partial charge in [-0.2, -0.15) is 0 Å². The van der Waals surface area contributed by atoms with Crippen molar-refractivity contribution < 1.29 is 4.39 Å². The molecule has 6 heteroatoms. The minimum Gasteiger partial charge on any atom is -0.357 e. The van der Waals surface area contributed by atoms with Crippen molar-refractivity contribution in [3.63, 3.8) is 0 Å². The Morgan fingerprint density at radius 3 is 2.63 bits per heavy atom. The smallest absolute Gasteiger partial charge is 0.222 e. The highest BCUT2D eigenvalue weighted by Gasteiger charge is 2.18. The van der Waals surface area contributed by atoms with E-state index in [9.17, 15) is 4.39 Å². The first-order valence-electron chi connectivity index (χ1n) is 6.04. The van der Waals surface area contributed by atoms with Crippen molar-refractivity contribution in [2.75, 3.05) is 12.4 Å². The number of aromatic nitrogens is 3. The Morgan fingerprint density at radius 1 is 1.32 bits per heavy atom. The zero-order chi connectivity index (χ0) is 14.0. The van der Waals surface area contributed by atoms with Crippen molar-refractivity contribution in [3.05, 3.63) is 33.8 Å². The Labute approximate surface area is 116 Å². The molecule has 0 aliphatic heterocycles. The first kappa shape index (κ1) is 13.9. The molecule has 0 aliphatic carbocycles. The van der Waals surface area contributed by atoms with E-state index in [-0.39, 0.29) is 5.41 Å². The van der Waals surface area contributed by atoms with Gasteiger partial charge in [-0.05, 0) is 0 Å². The minimum atomic E-state index is -0.397. The van der Waals surface area contributed by atoms with E-state index < -0.39 is 5.82 Å². The van der Waals surface area contributed by atoms with Crippen molar-refractivity contribution in [3.8, 4) is 0 Å². The van der Waals surface area contributed by atoms with Crippen LogP contribution in [0.4, 0.5) is 10.3 Å². The molecule has 0 aliphatic rings. The Balaban J connectivity index is 2.24. The third-order valence-corrected chi connectivity index (χ3v) is 3.53. The second-order valence-corrected chi connectivity index (χ2v) is 6.23. The lowest BCUT2D eigenvalue weighted by atomic mass is 9.93. The van der Waals surface area contributed by atoms with Crippen LogP contribution in [0, 0.1) is 5.82 Å². The Bertz CT molecular complexity index is 574. The summed E-state index contributed by atoms with van der Waals surface area (Å²) in [5, 5.41) is 5.69. The van der Waals surface area contributed by atoms with Gasteiger partial charge in [0.25, 0.3) is 0 Å². The van der Waals surface area contributed by atoms with E-state index in [1.807, 2.05) is 5.38 Å². The van der Waals surface area contributed by atoms with Crippen molar-refractivity contribution >= 4 is 17.3 Å². The average Bonchev–Trinajstić information content (AvgIpc) is 2.80. The molecular weight excluding hydrogens is 263 g/mol. The summed E-state index contributed by atoms with van der Waals surface area (Å²) in [6, 6.07) is 0. The van der Waals surface area contributed by atoms with Gasteiger partial charge in [0.1, 0.15) is 0 Å². The molecule has 0 bridgehead atoms. The molecule has 2 aromatic rings. The van der Waals surface area contributed by atoms with Crippen LogP contribution in [0.3, 0.4) is 0 Å². The number of halogens is 1. The van der Waals surface area contributed by atoms with Crippen molar-refractivity contribution in [2.45, 2.75) is 32.6 Å². The van der Waals surface area contributed by atoms with Gasteiger partial charge in [0.2, 0.25) is 5.95 Å². The topological polar surface area (TPSA) is 50.7 Å². The van der Waals surface area contributed by atoms with E-state index in [1.165, 1.54) is 17.5 Å². The Hall–Kier alpha value is -1.56. The van der Waals surface area contributed by atoms with Crippen LogP contribution in [0.5, 0.6) is 0 Å². The van der Waals surface area contributed by atoms with Gasteiger partial charge in [-0.3, -0.25) is 0 Å². The summed E-state index contributed by atoms with van der Waals surface area (Å²) in [4.78, 5) is 12.5. The molecule has 0 spiro atoms. The lowest BCUT2D eigenvalue weighted by molar-refractivity contribution is 0.570. The van der Waals surface area contributed by atoms with Crippen LogP contribution in [0.15, 0.2) is 11.6 Å². The van der Waals surface area contributed by atoms with Gasteiger partial charge < -0.3 is 5.32 Å². The fraction of sp³-hybridized carbons (Fsp3) is 0.462. The molecule has 2 aromatic heterocycles. The number of rotatable bonds is 3. The van der Waals surface area contributed by atoms with Crippen LogP contribution in [0.1, 0.15) is 37.2 Å². The summed E-state index contributed by atoms with van der Waals surface area (Å²) in [5.74, 6) is 0.0236. The summed E-state index contributed by atoms with van der Waals surface area (Å²) >= 11 is 1.53. The van der Waals surface area contributed by atoms with Crippen molar-refractivity contribution in [1.82, 2.24) is 15.0 Å². The molecule has 19 heavy (non-hydrogen) atoms. The quantitative estimate of drug-likeness (QED) is 0.939. The van der Waals surface area contributed by atoms with E-state index in [4.69, 9.17) is 0 Å². The highest BCUT2D eigenvalue weighted by atomic mass is 32.1. The van der Waals surface area contributed by atoms with Crippen LogP contribution in [-0.2, 0) is 11.8 Å². The van der Waals surface area contributed by atoms with Crippen LogP contribution in [-0.4, -0.2) is 22.0 Å². The normalized spacial score (nSPS) is 11.6. The second-order valence-electron chi connectivity index (χ2n) is 5.29. The third-order valence-electron chi connectivity index (χ3n) is 2.68. The molecule has 0 saturated carbocycles. The first-order chi connectivity index (χ1) is 8.90. The second kappa shape index (κ2) is 5.21. The largest absolute Gasteiger partial charge is 0.357 e. The first-order valence-corrected chi connectivity index (χ1v) is 6.92. The average molecular weight is 280 g/mol. The summed E-state index contributed by atoms with van der Waals surface area (Å²) in [5.41, 5.74) is 1.40. The summed E-state index contributed by atoms with van der Waals surface area (Å²) in [6.45, 7) is 6.32. The molecule has 0 saturated heterocycles. The molecule has 4 nitrogen and oxygen atoms in total. The third kappa shape index (κ3) is 3.26. The molecule has 0 fully saturated rings. The summed E-state index contributed by atoms with van der Waals surface area (Å²) in [6.07, 6.45) is 1.58. The van der Waals surface area contributed by atoms with E-state index in [2.05, 4.69) is 41.0 Å². The number of hydrogen-bond acceptors (Lipinski definition) is 5. The monoisotopic (exact) mass is 280 g/mol. The highest BCUT2D eigenvalue weighted by molar-refractivity contribution is 7.09. The zero-order valence-electron chi connectivity index (χ0n) is 11.5. The zero-order valence-corrected chi connectivity index (χ0v) is 12.3. The molecule has 0 unspecified atom stereocenters. The number of thiazole rings is 1. The van der Waals surface area contributed by atoms with Crippen LogP contribution >= 0.6 is 11.3 Å². The van der Waals surface area contributed by atoms with Gasteiger partial charge in [0, 0.05) is 24.3 Å². The molecular formula is C13H17FN4S. The predicted octanol–water partition coefficient (Wildman–Crippen LogP) is 3.00. The van der Waals surface area contributed by atoms with Crippen molar-refractivity contribution in [1.29, 1.82) is 0 Å². The SMILES string of the molecule is CNc1ncc(F)c(Cc2nc(C(C)(C)C)cs2)n1. The van der Waals surface area contributed by atoms with E-state index in [0.29, 0.717) is 18.1 Å². The summed E-state index contributed by atoms with van der Waals surface area (Å²) in [7, 11) is 1.71. The standard InChI is InChI=1S/C13H17FN4S/c1-13(2,3)10-7-19-11(18-10)5-9-8(14)6-16-12(15-4)17-9/h6-7H,5H2,1-4H3,(H,15,16,17). The van der Waals surface area contributed by atoms with Crippen LogP contribution in [0.2, 0.25) is 0 Å². The van der Waals surface area contributed by atoms with Crippen molar-refractivity contribution in [2.24, 2.45) is 0 Å². The van der Waals surface area contributed by atoms with Gasteiger partial charge in [-0.1, -0.05) is 20.8 Å². The molecule has 0 atom stereocenters. The molecule has 0 radical (unpaired) electrons. The maximum Gasteiger partial charge on any atom is 0.222 e. The number of nitrogens with zero attached hydrogens (tertiary/aromatic N) is 3. The number of anilines is 1. The van der Waals surface area contributed by atoms with Gasteiger partial charge >= 0.3 is 0 Å². The molecule has 2 heterocycles. The van der Waals surface area contributed by atoms with E-state index in [0.717, 1.165) is 10.7 Å². The Morgan fingerprint density at radius 2 is 2.05 bits per heavy atom. The molecule has 102 valence electrons. The van der Waals surface area contributed by atoms with Gasteiger partial charge in [-0.25, -0.2) is 19.3 Å². The maximum absolute atomic E-state index is 13.7. The molecule has 2 rings (SSSR count). The van der Waals surface area contributed by atoms with E-state index in [1.54, 1.807) is 7.05 Å². The minimum absolute atomic E-state index is 0.00903. The highest BCUT2D eigenvalue weighted by Crippen LogP contribution is 2.25. The summed E-state index contributed by atoms with van der Waals surface area (Å²) < 4.78 is 13.7. The van der Waals surface area contributed by atoms with E-state index >= 15 is 0 Å². The molecule has 0 amide bonds. The fourth-order valence-corrected chi connectivity index (χ4v) is 2.55. The molecule has 1 N–H and O–H groups in total. The molecule has 0 aromatic carbocycles. The number of hydrogen-bond donors (Lipinski definition) is 1. The lowest BCUT2D eigenvalue weighted by Gasteiger charge is -2.14. The predicted molar refractivity (Wildman–Crippen MR) is 75.2 cm³/mol. The lowest BCUT2D eigenvalue weighted by Crippen LogP contribution is -2.11. The fourth-order valence-electron chi connectivity index (χ4n) is 1.53. The van der Waals surface area contributed by atoms with Gasteiger partial charge in [0.05, 0.1) is 22.6 Å². The number of nitrogens with one attached hydrogen (secondary N) is 1. The maximum atomic E-state index is 13.7. The van der Waals surface area contributed by atoms with Crippen LogP contribution in [0.25, 0.3) is 0 Å². The Kier molecular flexibility index (Phi) is 3.80. The van der Waals surface area contributed by atoms with Gasteiger partial charge in [0.15, 0.2) is 5.82 Å².